The zero-order chi connectivity index (χ0) is 11.4. The van der Waals surface area contributed by atoms with Crippen LogP contribution in [0.3, 0.4) is 0 Å². The molecule has 1 heterocycles. The number of alkyl halides is 1. The van der Waals surface area contributed by atoms with Gasteiger partial charge in [0.1, 0.15) is 18.1 Å². The monoisotopic (exact) mass is 332 g/mol. The molecule has 1 aromatic rings. The Labute approximate surface area is 110 Å². The summed E-state index contributed by atoms with van der Waals surface area (Å²) in [4.78, 5) is 0. The van der Waals surface area contributed by atoms with Gasteiger partial charge >= 0.3 is 0 Å². The summed E-state index contributed by atoms with van der Waals surface area (Å²) in [7, 11) is 0. The van der Waals surface area contributed by atoms with Gasteiger partial charge in [0.15, 0.2) is 0 Å². The number of benzene rings is 1. The number of rotatable bonds is 4. The molecular weight excluding hydrogens is 315 g/mol. The van der Waals surface area contributed by atoms with E-state index in [0.717, 1.165) is 44.0 Å². The lowest BCUT2D eigenvalue weighted by molar-refractivity contribution is 0.287. The van der Waals surface area contributed by atoms with Crippen molar-refractivity contribution >= 4 is 22.6 Å². The Morgan fingerprint density at radius 3 is 3.19 bits per heavy atom. The largest absolute Gasteiger partial charge is 0.493 e. The first-order chi connectivity index (χ1) is 7.79. The highest BCUT2D eigenvalue weighted by atomic mass is 127. The van der Waals surface area contributed by atoms with E-state index in [4.69, 9.17) is 9.47 Å². The van der Waals surface area contributed by atoms with Gasteiger partial charge in [-0.25, -0.2) is 0 Å². The quantitative estimate of drug-likeness (QED) is 0.476. The van der Waals surface area contributed by atoms with Crippen LogP contribution in [0.25, 0.3) is 0 Å². The van der Waals surface area contributed by atoms with Crippen LogP contribution in [0.15, 0.2) is 18.2 Å². The molecule has 1 aliphatic heterocycles. The molecule has 1 aliphatic rings. The Morgan fingerprint density at radius 1 is 1.50 bits per heavy atom. The first kappa shape index (κ1) is 12.0. The van der Waals surface area contributed by atoms with Crippen LogP contribution in [0.4, 0.5) is 0 Å². The van der Waals surface area contributed by atoms with Crippen molar-refractivity contribution in [2.45, 2.75) is 30.1 Å². The average Bonchev–Trinajstić information content (AvgIpc) is 2.29. The Balaban J connectivity index is 2.02. The van der Waals surface area contributed by atoms with Gasteiger partial charge in [0.25, 0.3) is 0 Å². The Bertz CT molecular complexity index is 352. The number of hydrogen-bond acceptors (Lipinski definition) is 2. The van der Waals surface area contributed by atoms with Crippen LogP contribution in [0.2, 0.25) is 0 Å². The van der Waals surface area contributed by atoms with Gasteiger partial charge in [-0.05, 0) is 24.5 Å². The van der Waals surface area contributed by atoms with Gasteiger partial charge in [-0.1, -0.05) is 42.0 Å². The molecule has 0 spiro atoms. The number of ether oxygens (including phenoxy) is 2. The summed E-state index contributed by atoms with van der Waals surface area (Å²) in [5.74, 6) is 1.93. The van der Waals surface area contributed by atoms with E-state index in [9.17, 15) is 0 Å². The van der Waals surface area contributed by atoms with Crippen LogP contribution in [-0.4, -0.2) is 17.1 Å². The van der Waals surface area contributed by atoms with Gasteiger partial charge in [0.2, 0.25) is 0 Å². The van der Waals surface area contributed by atoms with Crippen LogP contribution >= 0.6 is 22.6 Å². The summed E-state index contributed by atoms with van der Waals surface area (Å²) in [5, 5.41) is 0. The second kappa shape index (κ2) is 5.75. The van der Waals surface area contributed by atoms with Gasteiger partial charge < -0.3 is 9.47 Å². The third-order valence-corrected chi connectivity index (χ3v) is 3.47. The molecule has 0 bridgehead atoms. The minimum Gasteiger partial charge on any atom is -0.493 e. The number of unbranched alkanes of at least 4 members (excludes halogenated alkanes) is 1. The molecular formula is C13H17IO2. The molecule has 3 heteroatoms. The first-order valence-electron chi connectivity index (χ1n) is 5.82. The molecule has 1 atom stereocenters. The molecule has 0 saturated heterocycles. The molecule has 0 aliphatic carbocycles. The maximum absolute atomic E-state index is 5.70. The summed E-state index contributed by atoms with van der Waals surface area (Å²) in [6.45, 7) is 3.77. The summed E-state index contributed by atoms with van der Waals surface area (Å²) in [5.41, 5.74) is 1.30. The van der Waals surface area contributed by atoms with Gasteiger partial charge in [-0.3, -0.25) is 0 Å². The third-order valence-electron chi connectivity index (χ3n) is 2.67. The zero-order valence-corrected chi connectivity index (χ0v) is 11.7. The smallest absolute Gasteiger partial charge is 0.126 e. The summed E-state index contributed by atoms with van der Waals surface area (Å²) < 4.78 is 11.9. The average molecular weight is 332 g/mol. The number of fused-ring (bicyclic) bond motifs is 1. The van der Waals surface area contributed by atoms with Crippen LogP contribution in [-0.2, 0) is 6.42 Å². The van der Waals surface area contributed by atoms with Crippen molar-refractivity contribution in [3.05, 3.63) is 23.8 Å². The molecule has 2 rings (SSSR count). The summed E-state index contributed by atoms with van der Waals surface area (Å²) in [6.07, 6.45) is 3.37. The van der Waals surface area contributed by atoms with Crippen LogP contribution < -0.4 is 9.47 Å². The fourth-order valence-electron chi connectivity index (χ4n) is 1.74. The molecule has 0 fully saturated rings. The first-order valence-corrected chi connectivity index (χ1v) is 7.06. The molecule has 2 nitrogen and oxygen atoms in total. The van der Waals surface area contributed by atoms with Gasteiger partial charge in [0.05, 0.1) is 6.61 Å². The highest BCUT2D eigenvalue weighted by Gasteiger charge is 2.17. The molecule has 1 aromatic carbocycles. The fraction of sp³-hybridized carbons (Fsp3) is 0.538. The highest BCUT2D eigenvalue weighted by Crippen LogP contribution is 2.31. The third kappa shape index (κ3) is 3.03. The van der Waals surface area contributed by atoms with Crippen molar-refractivity contribution in [3.63, 3.8) is 0 Å². The predicted molar refractivity (Wildman–Crippen MR) is 73.9 cm³/mol. The minimum atomic E-state index is 0.594. The van der Waals surface area contributed by atoms with Crippen LogP contribution in [0.1, 0.15) is 25.3 Å². The highest BCUT2D eigenvalue weighted by molar-refractivity contribution is 14.1. The minimum absolute atomic E-state index is 0.594. The second-order valence-corrected chi connectivity index (χ2v) is 5.85. The lowest BCUT2D eigenvalue weighted by Gasteiger charge is -2.22. The molecule has 0 saturated carbocycles. The van der Waals surface area contributed by atoms with Gasteiger partial charge in [0, 0.05) is 9.99 Å². The van der Waals surface area contributed by atoms with Crippen molar-refractivity contribution in [3.8, 4) is 11.5 Å². The Kier molecular flexibility index (Phi) is 4.32. The van der Waals surface area contributed by atoms with E-state index in [-0.39, 0.29) is 0 Å². The van der Waals surface area contributed by atoms with E-state index in [1.54, 1.807) is 0 Å². The van der Waals surface area contributed by atoms with Crippen molar-refractivity contribution < 1.29 is 9.47 Å². The number of halogens is 1. The lowest BCUT2D eigenvalue weighted by Crippen LogP contribution is -2.20. The van der Waals surface area contributed by atoms with E-state index in [0.29, 0.717) is 3.92 Å². The van der Waals surface area contributed by atoms with E-state index >= 15 is 0 Å². The summed E-state index contributed by atoms with van der Waals surface area (Å²) in [6, 6.07) is 6.20. The predicted octanol–water partition coefficient (Wildman–Crippen LogP) is 3.60. The van der Waals surface area contributed by atoms with Crippen molar-refractivity contribution in [1.82, 2.24) is 0 Å². The molecule has 0 N–H and O–H groups in total. The van der Waals surface area contributed by atoms with E-state index < -0.39 is 0 Å². The standard InChI is InChI=1S/C13H17IO2/c1-2-3-6-15-12-5-4-10-7-11(14)9-16-13(10)8-12/h4-5,8,11H,2-3,6-7,9H2,1H3/t11-/m1/s1. The van der Waals surface area contributed by atoms with Crippen LogP contribution in [0, 0.1) is 0 Å². The molecule has 0 unspecified atom stereocenters. The fourth-order valence-corrected chi connectivity index (χ4v) is 2.39. The Hall–Kier alpha value is -0.450. The Morgan fingerprint density at radius 2 is 2.38 bits per heavy atom. The van der Waals surface area contributed by atoms with Crippen molar-refractivity contribution in [1.29, 1.82) is 0 Å². The van der Waals surface area contributed by atoms with Gasteiger partial charge in [-0.15, -0.1) is 0 Å². The summed E-state index contributed by atoms with van der Waals surface area (Å²) >= 11 is 2.43. The van der Waals surface area contributed by atoms with Crippen LogP contribution in [0.5, 0.6) is 11.5 Å². The normalized spacial score (nSPS) is 18.8. The SMILES string of the molecule is CCCCOc1ccc2c(c1)OC[C@H](I)C2. The van der Waals surface area contributed by atoms with E-state index in [1.165, 1.54) is 5.56 Å². The van der Waals surface area contributed by atoms with Crippen molar-refractivity contribution in [2.24, 2.45) is 0 Å². The lowest BCUT2D eigenvalue weighted by atomic mass is 10.1. The van der Waals surface area contributed by atoms with E-state index in [1.807, 2.05) is 12.1 Å². The molecule has 0 aromatic heterocycles. The molecule has 0 amide bonds. The topological polar surface area (TPSA) is 18.5 Å². The van der Waals surface area contributed by atoms with E-state index in [2.05, 4.69) is 35.6 Å². The molecule has 88 valence electrons. The zero-order valence-electron chi connectivity index (χ0n) is 9.54. The maximum atomic E-state index is 5.70. The molecule has 16 heavy (non-hydrogen) atoms. The second-order valence-electron chi connectivity index (χ2n) is 4.08. The number of hydrogen-bond donors (Lipinski definition) is 0. The molecule has 0 radical (unpaired) electrons. The van der Waals surface area contributed by atoms with Crippen molar-refractivity contribution in [2.75, 3.05) is 13.2 Å². The maximum Gasteiger partial charge on any atom is 0.126 e. The van der Waals surface area contributed by atoms with Gasteiger partial charge in [-0.2, -0.15) is 0 Å².